The second-order valence-corrected chi connectivity index (χ2v) is 5.71. The van der Waals surface area contributed by atoms with Crippen molar-refractivity contribution in [1.82, 2.24) is 4.72 Å². The van der Waals surface area contributed by atoms with Crippen LogP contribution in [-0.2, 0) is 0 Å². The molecule has 114 valence electrons. The van der Waals surface area contributed by atoms with E-state index in [4.69, 9.17) is 0 Å². The molecule has 0 bridgehead atoms. The molecule has 0 aromatic heterocycles. The zero-order valence-corrected chi connectivity index (χ0v) is 14.3. The molecule has 1 N–H and O–H groups in total. The normalized spacial score (nSPS) is 13.6. The van der Waals surface area contributed by atoms with Gasteiger partial charge in [0.05, 0.1) is 0 Å². The molecule has 2 heteroatoms. The second kappa shape index (κ2) is 12.2. The van der Waals surface area contributed by atoms with Gasteiger partial charge in [-0.25, -0.2) is 0 Å². The van der Waals surface area contributed by atoms with Crippen molar-refractivity contribution in [3.8, 4) is 0 Å². The zero-order chi connectivity index (χ0) is 16.1. The van der Waals surface area contributed by atoms with Gasteiger partial charge in [-0.15, -0.1) is 0 Å². The summed E-state index contributed by atoms with van der Waals surface area (Å²) in [7, 11) is 0. The van der Waals surface area contributed by atoms with Gasteiger partial charge in [0, 0.05) is 11.4 Å². The highest BCUT2D eigenvalue weighted by atomic mass is 32.2. The summed E-state index contributed by atoms with van der Waals surface area (Å²) in [6.45, 7) is 18.4. The van der Waals surface area contributed by atoms with Crippen LogP contribution in [0.2, 0.25) is 0 Å². The van der Waals surface area contributed by atoms with Crippen molar-refractivity contribution >= 4 is 11.9 Å². The lowest BCUT2D eigenvalue weighted by atomic mass is 10.2. The quantitative estimate of drug-likeness (QED) is 0.306. The smallest absolute Gasteiger partial charge is 0.0313 e. The van der Waals surface area contributed by atoms with Crippen LogP contribution < -0.4 is 4.72 Å². The van der Waals surface area contributed by atoms with Crippen molar-refractivity contribution in [2.45, 2.75) is 27.2 Å². The summed E-state index contributed by atoms with van der Waals surface area (Å²) in [6, 6.07) is 0. The summed E-state index contributed by atoms with van der Waals surface area (Å²) < 4.78 is 3.35. The van der Waals surface area contributed by atoms with E-state index in [0.29, 0.717) is 0 Å². The molecule has 0 atom stereocenters. The molecule has 0 aromatic rings. The van der Waals surface area contributed by atoms with Crippen LogP contribution in [0.5, 0.6) is 0 Å². The number of hydrogen-bond donors (Lipinski definition) is 1. The minimum absolute atomic E-state index is 0.767. The summed E-state index contributed by atoms with van der Waals surface area (Å²) in [4.78, 5) is 1.11. The highest BCUT2D eigenvalue weighted by molar-refractivity contribution is 8.01. The van der Waals surface area contributed by atoms with Gasteiger partial charge in [0.2, 0.25) is 0 Å². The van der Waals surface area contributed by atoms with E-state index >= 15 is 0 Å². The SMILES string of the molecule is C=C/C=C(\C=C/CC(=C)C)CNS/C(C=C)=C/C(C)=C\C. The van der Waals surface area contributed by atoms with Gasteiger partial charge in [-0.1, -0.05) is 67.3 Å². The lowest BCUT2D eigenvalue weighted by Crippen LogP contribution is -2.07. The molecule has 0 aliphatic heterocycles. The molecule has 0 heterocycles. The van der Waals surface area contributed by atoms with Crippen LogP contribution in [0.3, 0.4) is 0 Å². The minimum atomic E-state index is 0.767. The minimum Gasteiger partial charge on any atom is -0.255 e. The van der Waals surface area contributed by atoms with Crippen LogP contribution in [0, 0.1) is 0 Å². The van der Waals surface area contributed by atoms with Crippen LogP contribution in [-0.4, -0.2) is 6.54 Å². The molecule has 0 amide bonds. The van der Waals surface area contributed by atoms with Crippen LogP contribution >= 0.6 is 11.9 Å². The average Bonchev–Trinajstić information content (AvgIpc) is 2.45. The highest BCUT2D eigenvalue weighted by Crippen LogP contribution is 2.16. The van der Waals surface area contributed by atoms with Gasteiger partial charge in [0.25, 0.3) is 0 Å². The van der Waals surface area contributed by atoms with E-state index in [2.05, 4.69) is 55.7 Å². The Morgan fingerprint density at radius 2 is 1.95 bits per heavy atom. The fourth-order valence-electron chi connectivity index (χ4n) is 1.38. The Kier molecular flexibility index (Phi) is 11.4. The van der Waals surface area contributed by atoms with Gasteiger partial charge in [-0.2, -0.15) is 0 Å². The number of nitrogens with one attached hydrogen (secondary N) is 1. The van der Waals surface area contributed by atoms with Crippen LogP contribution in [0.25, 0.3) is 0 Å². The Morgan fingerprint density at radius 3 is 2.48 bits per heavy atom. The van der Waals surface area contributed by atoms with Crippen LogP contribution in [0.1, 0.15) is 27.2 Å². The standard InChI is InChI=1S/C19H27NS/c1-7-11-18(13-10-12-16(4)5)15-20-21-19(9-3)14-17(6)8-2/h7-11,13-14,20H,1,3-4,12,15H2,2,5-6H3/b13-10-,17-8-,18-11+,19-14+. The number of hydrogen-bond acceptors (Lipinski definition) is 2. The molecular formula is C19H27NS. The molecule has 0 aliphatic rings. The van der Waals surface area contributed by atoms with Gasteiger partial charge in [-0.05, 0) is 50.8 Å². The summed E-state index contributed by atoms with van der Waals surface area (Å²) in [5, 5.41) is 0. The monoisotopic (exact) mass is 301 g/mol. The maximum Gasteiger partial charge on any atom is 0.0313 e. The van der Waals surface area contributed by atoms with Gasteiger partial charge in [-0.3, -0.25) is 4.72 Å². The van der Waals surface area contributed by atoms with Gasteiger partial charge < -0.3 is 0 Å². The number of allylic oxidation sites excluding steroid dienone is 8. The molecular weight excluding hydrogens is 274 g/mol. The highest BCUT2D eigenvalue weighted by Gasteiger charge is 1.96. The summed E-state index contributed by atoms with van der Waals surface area (Å²) in [5.74, 6) is 0. The molecule has 1 nitrogen and oxygen atoms in total. The van der Waals surface area contributed by atoms with Crippen LogP contribution in [0.4, 0.5) is 0 Å². The average molecular weight is 301 g/mol. The zero-order valence-electron chi connectivity index (χ0n) is 13.5. The first-order chi connectivity index (χ1) is 10.0. The third-order valence-electron chi connectivity index (χ3n) is 2.62. The summed E-state index contributed by atoms with van der Waals surface area (Å²) in [5.41, 5.74) is 3.57. The number of rotatable bonds is 10. The second-order valence-electron chi connectivity index (χ2n) is 4.75. The van der Waals surface area contributed by atoms with E-state index < -0.39 is 0 Å². The first-order valence-corrected chi connectivity index (χ1v) is 7.84. The fourth-order valence-corrected chi connectivity index (χ4v) is 2.11. The maximum atomic E-state index is 3.90. The largest absolute Gasteiger partial charge is 0.255 e. The molecule has 0 saturated heterocycles. The first-order valence-electron chi connectivity index (χ1n) is 7.02. The molecule has 21 heavy (non-hydrogen) atoms. The predicted octanol–water partition coefficient (Wildman–Crippen LogP) is 5.90. The molecule has 0 unspecified atom stereocenters. The molecule has 0 fully saturated rings. The molecule has 0 spiro atoms. The van der Waals surface area contributed by atoms with Gasteiger partial charge >= 0.3 is 0 Å². The van der Waals surface area contributed by atoms with Crippen molar-refractivity contribution < 1.29 is 0 Å². The van der Waals surface area contributed by atoms with E-state index in [1.807, 2.05) is 26.0 Å². The van der Waals surface area contributed by atoms with Crippen LogP contribution in [0.15, 0.2) is 83.9 Å². The summed E-state index contributed by atoms with van der Waals surface area (Å²) >= 11 is 1.58. The fraction of sp³-hybridized carbons (Fsp3) is 0.263. The lowest BCUT2D eigenvalue weighted by Gasteiger charge is -2.06. The Bertz CT molecular complexity index is 476. The van der Waals surface area contributed by atoms with Crippen molar-refractivity contribution in [3.05, 3.63) is 83.9 Å². The topological polar surface area (TPSA) is 12.0 Å². The van der Waals surface area contributed by atoms with E-state index in [-0.39, 0.29) is 0 Å². The van der Waals surface area contributed by atoms with E-state index in [1.165, 1.54) is 11.1 Å². The van der Waals surface area contributed by atoms with E-state index in [1.54, 1.807) is 18.0 Å². The first kappa shape index (κ1) is 19.5. The van der Waals surface area contributed by atoms with Gasteiger partial charge in [0.1, 0.15) is 0 Å². The van der Waals surface area contributed by atoms with Gasteiger partial charge in [0.15, 0.2) is 0 Å². The molecule has 0 radical (unpaired) electrons. The Morgan fingerprint density at radius 1 is 1.24 bits per heavy atom. The maximum absolute atomic E-state index is 3.90. The Hall–Kier alpha value is -1.51. The third-order valence-corrected chi connectivity index (χ3v) is 3.43. The summed E-state index contributed by atoms with van der Waals surface area (Å²) in [6.07, 6.45) is 15.0. The lowest BCUT2D eigenvalue weighted by molar-refractivity contribution is 1.08. The van der Waals surface area contributed by atoms with Crippen molar-refractivity contribution in [2.75, 3.05) is 6.54 Å². The molecule has 0 saturated carbocycles. The van der Waals surface area contributed by atoms with Crippen molar-refractivity contribution in [3.63, 3.8) is 0 Å². The Labute approximate surface area is 134 Å². The molecule has 0 aromatic carbocycles. The Balaban J connectivity index is 4.50. The molecule has 0 rings (SSSR count). The third kappa shape index (κ3) is 10.9. The van der Waals surface area contributed by atoms with Crippen molar-refractivity contribution in [2.24, 2.45) is 0 Å². The predicted molar refractivity (Wildman–Crippen MR) is 100 cm³/mol. The van der Waals surface area contributed by atoms with E-state index in [0.717, 1.165) is 23.4 Å². The molecule has 0 aliphatic carbocycles. The van der Waals surface area contributed by atoms with E-state index in [9.17, 15) is 0 Å². The van der Waals surface area contributed by atoms with Crippen molar-refractivity contribution in [1.29, 1.82) is 0 Å².